The number of rotatable bonds is 14. The van der Waals surface area contributed by atoms with Crippen molar-refractivity contribution < 1.29 is 0 Å². The topological polar surface area (TPSA) is 113 Å². The smallest absolute Gasteiger partial charge is 0.164 e. The zero-order valence-electron chi connectivity index (χ0n) is 62.4. The Labute approximate surface area is 676 Å². The molecular formula is C104H66N10S2. The van der Waals surface area contributed by atoms with Crippen LogP contribution in [-0.4, -0.2) is 49.0 Å². The molecular weight excluding hydrogens is 1450 g/mol. The van der Waals surface area contributed by atoms with E-state index >= 15 is 0 Å². The van der Waals surface area contributed by atoms with Gasteiger partial charge >= 0.3 is 0 Å². The van der Waals surface area contributed by atoms with Crippen LogP contribution in [0, 0.1) is 0 Å². The van der Waals surface area contributed by atoms with Gasteiger partial charge in [0.05, 0.1) is 33.5 Å². The Morgan fingerprint density at radius 3 is 0.991 bits per heavy atom. The highest BCUT2D eigenvalue weighted by molar-refractivity contribution is 7.24. The summed E-state index contributed by atoms with van der Waals surface area (Å²) in [6.45, 7) is 0. The number of thiophene rings is 2. The van der Waals surface area contributed by atoms with Gasteiger partial charge in [-0.15, -0.1) is 22.7 Å². The molecule has 10 heterocycles. The molecule has 116 heavy (non-hydrogen) atoms. The first-order chi connectivity index (χ1) is 57.5. The lowest BCUT2D eigenvalue weighted by molar-refractivity contribution is 1.07. The highest BCUT2D eigenvalue weighted by Gasteiger charge is 2.26. The highest BCUT2D eigenvalue weighted by atomic mass is 32.1. The van der Waals surface area contributed by atoms with E-state index in [0.717, 1.165) is 95.0 Å². The normalized spacial score (nSPS) is 11.4. The quantitative estimate of drug-likeness (QED) is 0.106. The van der Waals surface area contributed by atoms with Crippen molar-refractivity contribution in [2.45, 2.75) is 0 Å². The number of hydrogen-bond acceptors (Lipinski definition) is 10. The lowest BCUT2D eigenvalue weighted by Crippen LogP contribution is -2.01. The Kier molecular flexibility index (Phi) is 17.7. The molecule has 0 saturated heterocycles. The minimum atomic E-state index is 0.589. The summed E-state index contributed by atoms with van der Waals surface area (Å²) in [5, 5.41) is 7.54. The molecule has 0 bridgehead atoms. The first kappa shape index (κ1) is 68.9. The number of nitrogens with zero attached hydrogens (tertiary/aromatic N) is 10. The van der Waals surface area contributed by atoms with Crippen LogP contribution in [-0.2, 0) is 0 Å². The lowest BCUT2D eigenvalue weighted by atomic mass is 9.98. The fourth-order valence-electron chi connectivity index (χ4n) is 16.2. The monoisotopic (exact) mass is 1520 g/mol. The minimum absolute atomic E-state index is 0.589. The number of fused-ring (bicyclic) bond motifs is 10. The van der Waals surface area contributed by atoms with E-state index in [1.165, 1.54) is 95.9 Å². The van der Waals surface area contributed by atoms with Crippen LogP contribution in [0.25, 0.3) is 208 Å². The van der Waals surface area contributed by atoms with Gasteiger partial charge in [0.25, 0.3) is 0 Å². The Bertz CT molecular complexity index is 7370. The summed E-state index contributed by atoms with van der Waals surface area (Å²) in [4.78, 5) is 39.8. The van der Waals surface area contributed by atoms with E-state index in [-0.39, 0.29) is 0 Å². The number of pyridine rings is 5. The van der Waals surface area contributed by atoms with Gasteiger partial charge in [-0.25, -0.2) is 19.9 Å². The standard InChI is InChI=1S/C53H34N4S.C51H32N6S/c1-3-9-40(10-4-1)50-45-23-24-49-51(53(45)58-52(50)41-11-5-2-6-12-41)44-13-7-8-14-48(44)57(49)43-21-19-38(20-22-43)46-33-42(34-47(56-46)39-27-31-55-32-28-39)36-17-15-35(16-18-36)37-25-29-54-30-26-37;1-3-10-35(11-4-1)45-42-22-23-44-46(48(42)58-47(45)36-12-5-2-6-13-36)41-16-7-8-17-43(41)57(44)40-15-9-14-39(32-40)51-55-49(54-50(56-51)38-26-30-53-31-27-38)37-20-18-33(19-21-37)34-24-28-52-29-25-34/h1-34H;1-32H. The van der Waals surface area contributed by atoms with E-state index in [1.807, 2.05) is 108 Å². The van der Waals surface area contributed by atoms with Gasteiger partial charge in [0.1, 0.15) is 0 Å². The number of aromatic nitrogens is 10. The van der Waals surface area contributed by atoms with E-state index in [4.69, 9.17) is 19.9 Å². The van der Waals surface area contributed by atoms with Gasteiger partial charge in [0.15, 0.2) is 17.5 Å². The van der Waals surface area contributed by atoms with E-state index in [2.05, 4.69) is 332 Å². The molecule has 10 nitrogen and oxygen atoms in total. The third kappa shape index (κ3) is 12.7. The van der Waals surface area contributed by atoms with Gasteiger partial charge < -0.3 is 9.13 Å². The molecule has 22 rings (SSSR count). The van der Waals surface area contributed by atoms with Crippen LogP contribution in [0.3, 0.4) is 0 Å². The van der Waals surface area contributed by atoms with Gasteiger partial charge in [-0.3, -0.25) is 19.9 Å². The zero-order valence-corrected chi connectivity index (χ0v) is 64.0. The van der Waals surface area contributed by atoms with Crippen LogP contribution in [0.4, 0.5) is 0 Å². The summed E-state index contributed by atoms with van der Waals surface area (Å²) < 4.78 is 7.37. The van der Waals surface area contributed by atoms with Crippen LogP contribution in [0.15, 0.2) is 401 Å². The van der Waals surface area contributed by atoms with E-state index in [1.54, 1.807) is 12.4 Å². The molecule has 0 atom stereocenters. The summed E-state index contributed by atoms with van der Waals surface area (Å²) in [5.41, 5.74) is 27.6. The Morgan fingerprint density at radius 2 is 0.534 bits per heavy atom. The molecule has 0 aliphatic heterocycles. The molecule has 0 spiro atoms. The molecule has 0 fully saturated rings. The van der Waals surface area contributed by atoms with Crippen molar-refractivity contribution in [3.8, 4) is 145 Å². The molecule has 0 radical (unpaired) electrons. The zero-order chi connectivity index (χ0) is 76.8. The second-order valence-electron chi connectivity index (χ2n) is 28.6. The van der Waals surface area contributed by atoms with Gasteiger partial charge in [-0.2, -0.15) is 0 Å². The Balaban J connectivity index is 0.000000145. The lowest BCUT2D eigenvalue weighted by Gasteiger charge is -2.12. The molecule has 0 aliphatic carbocycles. The largest absolute Gasteiger partial charge is 0.309 e. The molecule has 0 N–H and O–H groups in total. The third-order valence-corrected chi connectivity index (χ3v) is 24.3. The number of benzene rings is 12. The van der Waals surface area contributed by atoms with Gasteiger partial charge in [0.2, 0.25) is 0 Å². The van der Waals surface area contributed by atoms with Crippen molar-refractivity contribution in [1.82, 2.24) is 49.0 Å². The SMILES string of the molecule is c1ccc(-c2sc3c(ccc4c3c3ccccc3n4-c3ccc(-c4cc(-c5ccc(-c6ccncc6)cc5)cc(-c5ccncc5)n4)cc3)c2-c2ccccc2)cc1.c1ccc(-c2sc3c(ccc4c3c3ccccc3n4-c3cccc(-c4nc(-c5ccncc5)nc(-c5ccc(-c6ccncc6)cc5)n4)c3)c2-c2ccccc2)cc1. The molecule has 0 aliphatic rings. The maximum absolute atomic E-state index is 5.21. The molecule has 12 aromatic carbocycles. The summed E-state index contributed by atoms with van der Waals surface area (Å²) in [7, 11) is 0. The Morgan fingerprint density at radius 1 is 0.198 bits per heavy atom. The molecule has 0 unspecified atom stereocenters. The maximum atomic E-state index is 5.21. The predicted molar refractivity (Wildman–Crippen MR) is 480 cm³/mol. The second-order valence-corrected chi connectivity index (χ2v) is 30.6. The molecule has 10 aromatic heterocycles. The van der Waals surface area contributed by atoms with Crippen LogP contribution in [0.2, 0.25) is 0 Å². The molecule has 0 amide bonds. The fraction of sp³-hybridized carbons (Fsp3) is 0. The van der Waals surface area contributed by atoms with Crippen molar-refractivity contribution in [2.24, 2.45) is 0 Å². The van der Waals surface area contributed by atoms with Crippen molar-refractivity contribution >= 4 is 86.5 Å². The second kappa shape index (κ2) is 29.9. The minimum Gasteiger partial charge on any atom is -0.309 e. The van der Waals surface area contributed by atoms with Crippen LogP contribution >= 0.6 is 22.7 Å². The molecule has 544 valence electrons. The van der Waals surface area contributed by atoms with Crippen molar-refractivity contribution in [3.63, 3.8) is 0 Å². The summed E-state index contributed by atoms with van der Waals surface area (Å²) >= 11 is 3.77. The van der Waals surface area contributed by atoms with Crippen LogP contribution in [0.5, 0.6) is 0 Å². The predicted octanol–water partition coefficient (Wildman–Crippen LogP) is 27.2. The highest BCUT2D eigenvalue weighted by Crippen LogP contribution is 2.52. The fourth-order valence-corrected chi connectivity index (χ4v) is 19.0. The van der Waals surface area contributed by atoms with Gasteiger partial charge in [0, 0.05) is 151 Å². The third-order valence-electron chi connectivity index (χ3n) is 21.7. The van der Waals surface area contributed by atoms with E-state index < -0.39 is 0 Å². The van der Waals surface area contributed by atoms with Crippen molar-refractivity contribution in [1.29, 1.82) is 0 Å². The van der Waals surface area contributed by atoms with E-state index in [0.29, 0.717) is 17.5 Å². The summed E-state index contributed by atoms with van der Waals surface area (Å²) in [6.07, 6.45) is 14.5. The van der Waals surface area contributed by atoms with Crippen LogP contribution < -0.4 is 0 Å². The molecule has 22 aromatic rings. The average Bonchev–Trinajstić information content (AvgIpc) is 1.56. The maximum Gasteiger partial charge on any atom is 0.164 e. The van der Waals surface area contributed by atoms with Gasteiger partial charge in [-0.1, -0.05) is 243 Å². The first-order valence-electron chi connectivity index (χ1n) is 38.5. The summed E-state index contributed by atoms with van der Waals surface area (Å²) in [6, 6.07) is 125. The molecule has 12 heteroatoms. The average molecular weight is 1520 g/mol. The molecule has 0 saturated carbocycles. The van der Waals surface area contributed by atoms with E-state index in [9.17, 15) is 0 Å². The number of hydrogen-bond donors (Lipinski definition) is 0. The Hall–Kier alpha value is -15.1. The van der Waals surface area contributed by atoms with Crippen LogP contribution in [0.1, 0.15) is 0 Å². The van der Waals surface area contributed by atoms with Crippen molar-refractivity contribution in [3.05, 3.63) is 401 Å². The van der Waals surface area contributed by atoms with Crippen molar-refractivity contribution in [2.75, 3.05) is 0 Å². The van der Waals surface area contributed by atoms with Gasteiger partial charge in [-0.05, 0) is 165 Å². The summed E-state index contributed by atoms with van der Waals surface area (Å²) in [5.74, 6) is 1.79. The first-order valence-corrected chi connectivity index (χ1v) is 40.2. The number of para-hydroxylation sites is 2.